The van der Waals surface area contributed by atoms with Crippen LogP contribution in [0.25, 0.3) is 0 Å². The second kappa shape index (κ2) is 11.7. The lowest BCUT2D eigenvalue weighted by molar-refractivity contribution is -0.125. The summed E-state index contributed by atoms with van der Waals surface area (Å²) in [6, 6.07) is 12.4. The van der Waals surface area contributed by atoms with Gasteiger partial charge in [-0.2, -0.15) is 0 Å². The Morgan fingerprint density at radius 1 is 0.970 bits per heavy atom. The first-order chi connectivity index (χ1) is 15.9. The SMILES string of the molecule is CCOc1ccc(S(=O)(=O)Nc2cccc(C(=O)NCCNC(=O)C3CCCCC3)c2)cc1. The molecule has 0 aliphatic heterocycles. The van der Waals surface area contributed by atoms with Gasteiger partial charge in [-0.25, -0.2) is 8.42 Å². The number of nitrogens with one attached hydrogen (secondary N) is 3. The van der Waals surface area contributed by atoms with Gasteiger partial charge in [-0.3, -0.25) is 14.3 Å². The molecule has 2 aromatic rings. The van der Waals surface area contributed by atoms with Crippen molar-refractivity contribution in [2.75, 3.05) is 24.4 Å². The number of ether oxygens (including phenoxy) is 1. The fraction of sp³-hybridized carbons (Fsp3) is 0.417. The maximum absolute atomic E-state index is 12.7. The highest BCUT2D eigenvalue weighted by molar-refractivity contribution is 7.92. The van der Waals surface area contributed by atoms with Gasteiger partial charge in [0.25, 0.3) is 15.9 Å². The van der Waals surface area contributed by atoms with Crippen molar-refractivity contribution >= 4 is 27.5 Å². The highest BCUT2D eigenvalue weighted by Crippen LogP contribution is 2.23. The summed E-state index contributed by atoms with van der Waals surface area (Å²) in [5.41, 5.74) is 0.600. The largest absolute Gasteiger partial charge is 0.494 e. The molecule has 0 spiro atoms. The number of sulfonamides is 1. The van der Waals surface area contributed by atoms with Crippen molar-refractivity contribution in [2.24, 2.45) is 5.92 Å². The number of anilines is 1. The maximum atomic E-state index is 12.7. The van der Waals surface area contributed by atoms with E-state index < -0.39 is 10.0 Å². The zero-order valence-electron chi connectivity index (χ0n) is 18.8. The molecule has 3 N–H and O–H groups in total. The van der Waals surface area contributed by atoms with Gasteiger partial charge in [0.1, 0.15) is 5.75 Å². The van der Waals surface area contributed by atoms with Crippen molar-refractivity contribution in [1.29, 1.82) is 0 Å². The van der Waals surface area contributed by atoms with Crippen LogP contribution in [-0.4, -0.2) is 39.9 Å². The van der Waals surface area contributed by atoms with Crippen molar-refractivity contribution in [3.05, 3.63) is 54.1 Å². The summed E-state index contributed by atoms with van der Waals surface area (Å²) >= 11 is 0. The molecule has 3 rings (SSSR count). The van der Waals surface area contributed by atoms with E-state index in [0.717, 1.165) is 25.7 Å². The first-order valence-corrected chi connectivity index (χ1v) is 12.8. The Morgan fingerprint density at radius 3 is 2.36 bits per heavy atom. The molecule has 0 heterocycles. The predicted molar refractivity (Wildman–Crippen MR) is 127 cm³/mol. The predicted octanol–water partition coefficient (Wildman–Crippen LogP) is 3.31. The number of amides is 2. The average Bonchev–Trinajstić information content (AvgIpc) is 2.82. The highest BCUT2D eigenvalue weighted by Gasteiger charge is 2.20. The number of carbonyl (C=O) groups is 2. The Kier molecular flexibility index (Phi) is 8.71. The van der Waals surface area contributed by atoms with E-state index in [-0.39, 0.29) is 28.3 Å². The normalized spacial score (nSPS) is 14.3. The van der Waals surface area contributed by atoms with Gasteiger partial charge < -0.3 is 15.4 Å². The fourth-order valence-electron chi connectivity index (χ4n) is 3.79. The summed E-state index contributed by atoms with van der Waals surface area (Å²) in [7, 11) is -3.81. The van der Waals surface area contributed by atoms with Crippen LogP contribution in [0.3, 0.4) is 0 Å². The topological polar surface area (TPSA) is 114 Å². The molecule has 0 atom stereocenters. The van der Waals surface area contributed by atoms with Gasteiger partial charge in [0, 0.05) is 30.3 Å². The number of benzene rings is 2. The summed E-state index contributed by atoms with van der Waals surface area (Å²) in [5, 5.41) is 5.63. The minimum atomic E-state index is -3.81. The van der Waals surface area contributed by atoms with Crippen LogP contribution in [0, 0.1) is 5.92 Å². The molecule has 33 heavy (non-hydrogen) atoms. The molecule has 2 aromatic carbocycles. The lowest BCUT2D eigenvalue weighted by Crippen LogP contribution is -2.38. The Bertz CT molecular complexity index is 1050. The Hall–Kier alpha value is -3.07. The minimum absolute atomic E-state index is 0.0506. The van der Waals surface area contributed by atoms with Gasteiger partial charge in [-0.05, 0) is 62.2 Å². The van der Waals surface area contributed by atoms with Crippen molar-refractivity contribution in [3.8, 4) is 5.75 Å². The Labute approximate surface area is 195 Å². The van der Waals surface area contributed by atoms with Gasteiger partial charge in [0.2, 0.25) is 5.91 Å². The molecule has 1 aliphatic rings. The van der Waals surface area contributed by atoms with Crippen LogP contribution in [-0.2, 0) is 14.8 Å². The van der Waals surface area contributed by atoms with Crippen LogP contribution in [0.4, 0.5) is 5.69 Å². The van der Waals surface area contributed by atoms with E-state index >= 15 is 0 Å². The van der Waals surface area contributed by atoms with E-state index in [0.29, 0.717) is 31.0 Å². The first-order valence-electron chi connectivity index (χ1n) is 11.3. The Balaban J connectivity index is 1.51. The van der Waals surface area contributed by atoms with Gasteiger partial charge in [0.05, 0.1) is 11.5 Å². The zero-order valence-corrected chi connectivity index (χ0v) is 19.6. The smallest absolute Gasteiger partial charge is 0.261 e. The first kappa shape index (κ1) is 24.6. The molecule has 0 radical (unpaired) electrons. The molecule has 0 saturated heterocycles. The molecule has 1 aliphatic carbocycles. The molecule has 2 amide bonds. The van der Waals surface area contributed by atoms with Gasteiger partial charge in [-0.15, -0.1) is 0 Å². The van der Waals surface area contributed by atoms with Crippen molar-refractivity contribution in [1.82, 2.24) is 10.6 Å². The number of carbonyl (C=O) groups excluding carboxylic acids is 2. The molecular weight excluding hydrogens is 442 g/mol. The average molecular weight is 474 g/mol. The summed E-state index contributed by atoms with van der Waals surface area (Å²) in [4.78, 5) is 24.7. The van der Waals surface area contributed by atoms with Crippen LogP contribution < -0.4 is 20.1 Å². The van der Waals surface area contributed by atoms with Crippen LogP contribution in [0.1, 0.15) is 49.4 Å². The lowest BCUT2D eigenvalue weighted by Gasteiger charge is -2.20. The van der Waals surface area contributed by atoms with Crippen LogP contribution in [0.5, 0.6) is 5.75 Å². The van der Waals surface area contributed by atoms with Crippen LogP contribution in [0.2, 0.25) is 0 Å². The van der Waals surface area contributed by atoms with E-state index in [1.807, 2.05) is 6.92 Å². The molecule has 1 fully saturated rings. The maximum Gasteiger partial charge on any atom is 0.261 e. The third-order valence-electron chi connectivity index (χ3n) is 5.51. The summed E-state index contributed by atoms with van der Waals surface area (Å²) in [6.07, 6.45) is 5.23. The standard InChI is InChI=1S/C24H31N3O5S/c1-2-32-21-11-13-22(14-12-21)33(30,31)27-20-10-6-9-19(17-20)24(29)26-16-15-25-23(28)18-7-4-3-5-8-18/h6,9-14,17-18,27H,2-5,7-8,15-16H2,1H3,(H,25,28)(H,26,29). The molecule has 0 unspecified atom stereocenters. The number of hydrogen-bond donors (Lipinski definition) is 3. The molecule has 9 heteroatoms. The fourth-order valence-corrected chi connectivity index (χ4v) is 4.84. The van der Waals surface area contributed by atoms with E-state index in [9.17, 15) is 18.0 Å². The van der Waals surface area contributed by atoms with E-state index in [1.165, 1.54) is 24.6 Å². The molecule has 1 saturated carbocycles. The Morgan fingerprint density at radius 2 is 1.67 bits per heavy atom. The summed E-state index contributed by atoms with van der Waals surface area (Å²) in [6.45, 7) is 2.99. The monoisotopic (exact) mass is 473 g/mol. The lowest BCUT2D eigenvalue weighted by atomic mass is 9.89. The van der Waals surface area contributed by atoms with Crippen molar-refractivity contribution < 1.29 is 22.7 Å². The van der Waals surface area contributed by atoms with Crippen LogP contribution in [0.15, 0.2) is 53.4 Å². The molecule has 8 nitrogen and oxygen atoms in total. The second-order valence-electron chi connectivity index (χ2n) is 7.97. The minimum Gasteiger partial charge on any atom is -0.494 e. The quantitative estimate of drug-likeness (QED) is 0.458. The third-order valence-corrected chi connectivity index (χ3v) is 6.90. The van der Waals surface area contributed by atoms with E-state index in [4.69, 9.17) is 4.74 Å². The third kappa shape index (κ3) is 7.21. The van der Waals surface area contributed by atoms with Gasteiger partial charge >= 0.3 is 0 Å². The van der Waals surface area contributed by atoms with E-state index in [2.05, 4.69) is 15.4 Å². The van der Waals surface area contributed by atoms with Crippen molar-refractivity contribution in [3.63, 3.8) is 0 Å². The highest BCUT2D eigenvalue weighted by atomic mass is 32.2. The molecule has 0 bridgehead atoms. The number of rotatable bonds is 10. The molecular formula is C24H31N3O5S. The van der Waals surface area contributed by atoms with Crippen LogP contribution >= 0.6 is 0 Å². The summed E-state index contributed by atoms with van der Waals surface area (Å²) in [5.74, 6) is 0.373. The molecule has 178 valence electrons. The van der Waals surface area contributed by atoms with Gasteiger partial charge in [0.15, 0.2) is 0 Å². The summed E-state index contributed by atoms with van der Waals surface area (Å²) < 4.78 is 33.2. The van der Waals surface area contributed by atoms with E-state index in [1.54, 1.807) is 30.3 Å². The van der Waals surface area contributed by atoms with Crippen molar-refractivity contribution in [2.45, 2.75) is 43.9 Å². The number of hydrogen-bond acceptors (Lipinski definition) is 5. The molecule has 0 aromatic heterocycles. The van der Waals surface area contributed by atoms with Gasteiger partial charge in [-0.1, -0.05) is 25.3 Å². The zero-order chi connectivity index (χ0) is 23.7. The second-order valence-corrected chi connectivity index (χ2v) is 9.65.